The van der Waals surface area contributed by atoms with Gasteiger partial charge in [-0.25, -0.2) is 9.97 Å². The number of hydrogen-bond donors (Lipinski definition) is 1. The zero-order chi connectivity index (χ0) is 14.1. The number of halogens is 1. The van der Waals surface area contributed by atoms with Crippen molar-refractivity contribution in [1.82, 2.24) is 14.4 Å². The molecule has 0 amide bonds. The number of fused-ring (bicyclic) bond motifs is 1. The molecule has 2 heterocycles. The predicted octanol–water partition coefficient (Wildman–Crippen LogP) is 2.97. The van der Waals surface area contributed by atoms with Gasteiger partial charge in [-0.15, -0.1) is 0 Å². The standard InChI is InChI=1S/C15H15BrN4/c1-10-18-8-13(12-4-2-3-5-14(12)16)15-19-11(6-7-17)9-20(10)15/h2-5,8-9H,6-7,17H2,1H3. The van der Waals surface area contributed by atoms with Gasteiger partial charge in [0.2, 0.25) is 0 Å². The molecule has 5 heteroatoms. The Labute approximate surface area is 125 Å². The van der Waals surface area contributed by atoms with Crippen LogP contribution in [-0.4, -0.2) is 20.9 Å². The smallest absolute Gasteiger partial charge is 0.147 e. The van der Waals surface area contributed by atoms with Crippen molar-refractivity contribution in [2.75, 3.05) is 6.54 Å². The maximum absolute atomic E-state index is 5.62. The van der Waals surface area contributed by atoms with E-state index in [-0.39, 0.29) is 0 Å². The van der Waals surface area contributed by atoms with Crippen molar-refractivity contribution in [2.24, 2.45) is 5.73 Å². The van der Waals surface area contributed by atoms with Gasteiger partial charge in [0.1, 0.15) is 11.5 Å². The summed E-state index contributed by atoms with van der Waals surface area (Å²) in [5.41, 5.74) is 9.65. The Morgan fingerprint density at radius 3 is 2.80 bits per heavy atom. The van der Waals surface area contributed by atoms with Gasteiger partial charge in [-0.3, -0.25) is 4.40 Å². The van der Waals surface area contributed by atoms with Crippen LogP contribution in [0.3, 0.4) is 0 Å². The van der Waals surface area contributed by atoms with E-state index in [0.29, 0.717) is 6.54 Å². The zero-order valence-corrected chi connectivity index (χ0v) is 12.8. The molecule has 102 valence electrons. The van der Waals surface area contributed by atoms with Gasteiger partial charge in [0.05, 0.1) is 5.69 Å². The Bertz CT molecular complexity index is 764. The first-order valence-corrected chi connectivity index (χ1v) is 7.28. The van der Waals surface area contributed by atoms with Crippen molar-refractivity contribution in [3.05, 3.63) is 52.7 Å². The highest BCUT2D eigenvalue weighted by Gasteiger charge is 2.12. The highest BCUT2D eigenvalue weighted by molar-refractivity contribution is 9.10. The number of imidazole rings is 1. The molecular formula is C15H15BrN4. The van der Waals surface area contributed by atoms with Gasteiger partial charge in [-0.05, 0) is 19.5 Å². The topological polar surface area (TPSA) is 56.2 Å². The van der Waals surface area contributed by atoms with Gasteiger partial charge in [0.15, 0.2) is 0 Å². The fourth-order valence-corrected chi connectivity index (χ4v) is 2.78. The van der Waals surface area contributed by atoms with E-state index in [4.69, 9.17) is 10.7 Å². The molecule has 0 aliphatic carbocycles. The van der Waals surface area contributed by atoms with E-state index in [0.717, 1.165) is 39.2 Å². The van der Waals surface area contributed by atoms with E-state index < -0.39 is 0 Å². The summed E-state index contributed by atoms with van der Waals surface area (Å²) in [6.07, 6.45) is 4.67. The third kappa shape index (κ3) is 2.23. The minimum atomic E-state index is 0.598. The lowest BCUT2D eigenvalue weighted by Gasteiger charge is -2.07. The molecule has 0 fully saturated rings. The van der Waals surface area contributed by atoms with Crippen LogP contribution in [0.15, 0.2) is 41.1 Å². The van der Waals surface area contributed by atoms with Crippen LogP contribution in [0.2, 0.25) is 0 Å². The second kappa shape index (κ2) is 5.34. The Hall–Kier alpha value is -1.72. The Kier molecular flexibility index (Phi) is 3.54. The third-order valence-corrected chi connectivity index (χ3v) is 3.98. The molecule has 0 spiro atoms. The minimum Gasteiger partial charge on any atom is -0.330 e. The first-order valence-electron chi connectivity index (χ1n) is 6.49. The van der Waals surface area contributed by atoms with Crippen molar-refractivity contribution < 1.29 is 0 Å². The van der Waals surface area contributed by atoms with E-state index >= 15 is 0 Å². The van der Waals surface area contributed by atoms with Gasteiger partial charge < -0.3 is 5.73 Å². The molecule has 1 aromatic carbocycles. The van der Waals surface area contributed by atoms with Crippen molar-refractivity contribution in [1.29, 1.82) is 0 Å². The molecule has 0 aliphatic heterocycles. The quantitative estimate of drug-likeness (QED) is 0.803. The first-order chi connectivity index (χ1) is 9.70. The van der Waals surface area contributed by atoms with E-state index in [1.54, 1.807) is 0 Å². The van der Waals surface area contributed by atoms with Crippen molar-refractivity contribution in [3.8, 4) is 11.1 Å². The largest absolute Gasteiger partial charge is 0.330 e. The molecule has 2 aromatic heterocycles. The Balaban J connectivity index is 2.26. The number of benzene rings is 1. The van der Waals surface area contributed by atoms with Crippen LogP contribution in [0.5, 0.6) is 0 Å². The van der Waals surface area contributed by atoms with Gasteiger partial charge >= 0.3 is 0 Å². The Morgan fingerprint density at radius 2 is 2.05 bits per heavy atom. The highest BCUT2D eigenvalue weighted by Crippen LogP contribution is 2.30. The normalized spacial score (nSPS) is 11.2. The second-order valence-electron chi connectivity index (χ2n) is 4.66. The lowest BCUT2D eigenvalue weighted by atomic mass is 10.1. The van der Waals surface area contributed by atoms with Crippen molar-refractivity contribution in [2.45, 2.75) is 13.3 Å². The van der Waals surface area contributed by atoms with Crippen molar-refractivity contribution in [3.63, 3.8) is 0 Å². The number of aryl methyl sites for hydroxylation is 1. The Morgan fingerprint density at radius 1 is 1.25 bits per heavy atom. The number of hydrogen-bond acceptors (Lipinski definition) is 3. The third-order valence-electron chi connectivity index (χ3n) is 3.29. The number of aromatic nitrogens is 3. The summed E-state index contributed by atoms with van der Waals surface area (Å²) < 4.78 is 3.07. The van der Waals surface area contributed by atoms with Gasteiger partial charge in [-0.1, -0.05) is 34.1 Å². The highest BCUT2D eigenvalue weighted by atomic mass is 79.9. The van der Waals surface area contributed by atoms with Crippen molar-refractivity contribution >= 4 is 21.6 Å². The molecule has 3 aromatic rings. The van der Waals surface area contributed by atoms with Crippen LogP contribution in [0.25, 0.3) is 16.8 Å². The summed E-state index contributed by atoms with van der Waals surface area (Å²) in [6, 6.07) is 8.10. The van der Waals surface area contributed by atoms with Crippen LogP contribution in [0.1, 0.15) is 11.5 Å². The molecule has 0 bridgehead atoms. The number of nitrogens with zero attached hydrogens (tertiary/aromatic N) is 3. The molecule has 0 atom stereocenters. The minimum absolute atomic E-state index is 0.598. The molecule has 0 radical (unpaired) electrons. The van der Waals surface area contributed by atoms with Crippen LogP contribution in [0.4, 0.5) is 0 Å². The zero-order valence-electron chi connectivity index (χ0n) is 11.2. The maximum Gasteiger partial charge on any atom is 0.147 e. The van der Waals surface area contributed by atoms with E-state index in [1.165, 1.54) is 0 Å². The summed E-state index contributed by atoms with van der Waals surface area (Å²) >= 11 is 3.59. The predicted molar refractivity (Wildman–Crippen MR) is 83.6 cm³/mol. The average Bonchev–Trinajstić information content (AvgIpc) is 2.86. The molecule has 3 rings (SSSR count). The van der Waals surface area contributed by atoms with Gasteiger partial charge in [0.25, 0.3) is 0 Å². The first kappa shape index (κ1) is 13.3. The SMILES string of the molecule is Cc1ncc(-c2ccccc2Br)c2nc(CCN)cn12. The van der Waals surface area contributed by atoms with Crippen LogP contribution < -0.4 is 5.73 Å². The maximum atomic E-state index is 5.62. The fraction of sp³-hybridized carbons (Fsp3) is 0.200. The monoisotopic (exact) mass is 330 g/mol. The van der Waals surface area contributed by atoms with Gasteiger partial charge in [0, 0.05) is 34.4 Å². The molecule has 4 nitrogen and oxygen atoms in total. The van der Waals surface area contributed by atoms with Gasteiger partial charge in [-0.2, -0.15) is 0 Å². The average molecular weight is 331 g/mol. The number of nitrogens with two attached hydrogens (primary N) is 1. The molecule has 2 N–H and O–H groups in total. The van der Waals surface area contributed by atoms with E-state index in [2.05, 4.69) is 27.0 Å². The lowest BCUT2D eigenvalue weighted by Crippen LogP contribution is -2.02. The van der Waals surface area contributed by atoms with E-state index in [1.807, 2.05) is 41.9 Å². The summed E-state index contributed by atoms with van der Waals surface area (Å²) in [6.45, 7) is 2.57. The summed E-state index contributed by atoms with van der Waals surface area (Å²) in [4.78, 5) is 9.17. The summed E-state index contributed by atoms with van der Waals surface area (Å²) in [5, 5.41) is 0. The molecular weight excluding hydrogens is 316 g/mol. The van der Waals surface area contributed by atoms with Crippen LogP contribution >= 0.6 is 15.9 Å². The summed E-state index contributed by atoms with van der Waals surface area (Å²) in [5.74, 6) is 0.923. The molecule has 20 heavy (non-hydrogen) atoms. The fourth-order valence-electron chi connectivity index (χ4n) is 2.28. The second-order valence-corrected chi connectivity index (χ2v) is 5.52. The number of rotatable bonds is 3. The molecule has 0 saturated carbocycles. The molecule has 0 aliphatic rings. The van der Waals surface area contributed by atoms with E-state index in [9.17, 15) is 0 Å². The van der Waals surface area contributed by atoms with Crippen LogP contribution in [0, 0.1) is 6.92 Å². The summed E-state index contributed by atoms with van der Waals surface area (Å²) in [7, 11) is 0. The lowest BCUT2D eigenvalue weighted by molar-refractivity contribution is 0.933. The molecule has 0 saturated heterocycles. The molecule has 0 unspecified atom stereocenters. The van der Waals surface area contributed by atoms with Crippen LogP contribution in [-0.2, 0) is 6.42 Å².